The van der Waals surface area contributed by atoms with E-state index in [9.17, 15) is 5.11 Å². The van der Waals surface area contributed by atoms with Crippen molar-refractivity contribution in [2.45, 2.75) is 19.9 Å². The quantitative estimate of drug-likeness (QED) is 0.652. The van der Waals surface area contributed by atoms with Crippen LogP contribution >= 0.6 is 0 Å². The van der Waals surface area contributed by atoms with Crippen molar-refractivity contribution in [1.29, 1.82) is 0 Å². The highest BCUT2D eigenvalue weighted by molar-refractivity contribution is 5.44. The Morgan fingerprint density at radius 3 is 2.92 bits per heavy atom. The molecule has 1 aromatic carbocycles. The van der Waals surface area contributed by atoms with Crippen molar-refractivity contribution in [2.24, 2.45) is 0 Å². The Balaban J connectivity index is 2.48. The lowest BCUT2D eigenvalue weighted by molar-refractivity contribution is 0.311. The Morgan fingerprint density at radius 2 is 2.15 bits per heavy atom. The molecule has 0 spiro atoms. The molecule has 70 valence electrons. The SMILES string of the molecule is Cc1c(O)ccc2c1CN(C)CC2. The maximum atomic E-state index is 9.54. The molecule has 0 unspecified atom stereocenters. The molecule has 0 saturated heterocycles. The Morgan fingerprint density at radius 1 is 1.38 bits per heavy atom. The number of hydrogen-bond donors (Lipinski definition) is 1. The number of fused-ring (bicyclic) bond motifs is 1. The average molecular weight is 177 g/mol. The van der Waals surface area contributed by atoms with Gasteiger partial charge in [-0.05, 0) is 43.1 Å². The van der Waals surface area contributed by atoms with Gasteiger partial charge in [0.05, 0.1) is 0 Å². The molecular weight excluding hydrogens is 162 g/mol. The second-order valence-corrected chi connectivity index (χ2v) is 3.84. The predicted molar refractivity (Wildman–Crippen MR) is 52.9 cm³/mol. The fourth-order valence-corrected chi connectivity index (χ4v) is 1.92. The first-order valence-corrected chi connectivity index (χ1v) is 4.67. The molecule has 0 bridgehead atoms. The normalized spacial score (nSPS) is 17.1. The number of nitrogens with zero attached hydrogens (tertiary/aromatic N) is 1. The maximum Gasteiger partial charge on any atom is 0.118 e. The topological polar surface area (TPSA) is 23.5 Å². The molecule has 2 heteroatoms. The smallest absolute Gasteiger partial charge is 0.118 e. The van der Waals surface area contributed by atoms with Gasteiger partial charge in [-0.3, -0.25) is 0 Å². The average Bonchev–Trinajstić information content (AvgIpc) is 2.12. The van der Waals surface area contributed by atoms with E-state index in [2.05, 4.69) is 11.9 Å². The van der Waals surface area contributed by atoms with Gasteiger partial charge < -0.3 is 10.0 Å². The van der Waals surface area contributed by atoms with Crippen LogP contribution in [0, 0.1) is 6.92 Å². The number of hydrogen-bond acceptors (Lipinski definition) is 2. The van der Waals surface area contributed by atoms with Crippen molar-refractivity contribution in [3.63, 3.8) is 0 Å². The van der Waals surface area contributed by atoms with Crippen LogP contribution in [0.1, 0.15) is 16.7 Å². The molecule has 2 nitrogen and oxygen atoms in total. The lowest BCUT2D eigenvalue weighted by Crippen LogP contribution is -2.27. The summed E-state index contributed by atoms with van der Waals surface area (Å²) < 4.78 is 0. The second-order valence-electron chi connectivity index (χ2n) is 3.84. The highest BCUT2D eigenvalue weighted by Crippen LogP contribution is 2.27. The Bertz CT molecular complexity index is 333. The Hall–Kier alpha value is -1.02. The molecule has 0 aromatic heterocycles. The number of phenols is 1. The molecular formula is C11H15NO. The summed E-state index contributed by atoms with van der Waals surface area (Å²) in [6, 6.07) is 3.85. The zero-order valence-corrected chi connectivity index (χ0v) is 8.17. The summed E-state index contributed by atoms with van der Waals surface area (Å²) in [6.45, 7) is 4.08. The molecule has 13 heavy (non-hydrogen) atoms. The zero-order chi connectivity index (χ0) is 9.42. The van der Waals surface area contributed by atoms with Crippen molar-refractivity contribution < 1.29 is 5.11 Å². The molecule has 0 fully saturated rings. The highest BCUT2D eigenvalue weighted by Gasteiger charge is 2.16. The van der Waals surface area contributed by atoms with Gasteiger partial charge in [0.25, 0.3) is 0 Å². The summed E-state index contributed by atoms with van der Waals surface area (Å²) in [5.41, 5.74) is 3.76. The summed E-state index contributed by atoms with van der Waals surface area (Å²) >= 11 is 0. The third-order valence-corrected chi connectivity index (χ3v) is 2.86. The van der Waals surface area contributed by atoms with Gasteiger partial charge >= 0.3 is 0 Å². The van der Waals surface area contributed by atoms with Crippen molar-refractivity contribution in [3.8, 4) is 5.75 Å². The summed E-state index contributed by atoms with van der Waals surface area (Å²) in [7, 11) is 2.12. The van der Waals surface area contributed by atoms with E-state index in [4.69, 9.17) is 0 Å². The summed E-state index contributed by atoms with van der Waals surface area (Å²) in [4.78, 5) is 2.29. The number of benzene rings is 1. The monoisotopic (exact) mass is 177 g/mol. The summed E-state index contributed by atoms with van der Waals surface area (Å²) in [5.74, 6) is 0.425. The van der Waals surface area contributed by atoms with E-state index in [0.717, 1.165) is 25.1 Å². The molecule has 0 radical (unpaired) electrons. The van der Waals surface area contributed by atoms with E-state index < -0.39 is 0 Å². The minimum absolute atomic E-state index is 0.425. The largest absolute Gasteiger partial charge is 0.508 e. The fourth-order valence-electron chi connectivity index (χ4n) is 1.92. The van der Waals surface area contributed by atoms with E-state index >= 15 is 0 Å². The number of phenolic OH excluding ortho intramolecular Hbond substituents is 1. The molecule has 1 aromatic rings. The van der Waals surface area contributed by atoms with Crippen molar-refractivity contribution in [1.82, 2.24) is 4.90 Å². The third kappa shape index (κ3) is 1.42. The van der Waals surface area contributed by atoms with E-state index in [1.165, 1.54) is 11.1 Å². The molecule has 0 saturated carbocycles. The minimum Gasteiger partial charge on any atom is -0.508 e. The maximum absolute atomic E-state index is 9.54. The fraction of sp³-hybridized carbons (Fsp3) is 0.455. The van der Waals surface area contributed by atoms with Crippen LogP contribution < -0.4 is 0 Å². The molecule has 1 aliphatic rings. The van der Waals surface area contributed by atoms with Crippen molar-refractivity contribution in [3.05, 3.63) is 28.8 Å². The van der Waals surface area contributed by atoms with Gasteiger partial charge in [-0.2, -0.15) is 0 Å². The molecule has 2 rings (SSSR count). The van der Waals surface area contributed by atoms with Gasteiger partial charge in [0.2, 0.25) is 0 Å². The Kier molecular flexibility index (Phi) is 2.00. The minimum atomic E-state index is 0.425. The van der Waals surface area contributed by atoms with Crippen LogP contribution in [0.15, 0.2) is 12.1 Å². The summed E-state index contributed by atoms with van der Waals surface area (Å²) in [5, 5.41) is 9.54. The van der Waals surface area contributed by atoms with Crippen LogP contribution in [-0.2, 0) is 13.0 Å². The van der Waals surface area contributed by atoms with E-state index in [1.807, 2.05) is 13.0 Å². The van der Waals surface area contributed by atoms with E-state index in [0.29, 0.717) is 5.75 Å². The van der Waals surface area contributed by atoms with Crippen LogP contribution in [0.4, 0.5) is 0 Å². The van der Waals surface area contributed by atoms with Crippen LogP contribution in [0.25, 0.3) is 0 Å². The van der Waals surface area contributed by atoms with E-state index in [1.54, 1.807) is 6.07 Å². The van der Waals surface area contributed by atoms with Gasteiger partial charge in [-0.1, -0.05) is 6.07 Å². The van der Waals surface area contributed by atoms with Crippen LogP contribution in [0.2, 0.25) is 0 Å². The second kappa shape index (κ2) is 3.04. The molecule has 1 aliphatic heterocycles. The lowest BCUT2D eigenvalue weighted by atomic mass is 9.95. The number of rotatable bonds is 0. The molecule has 1 N–H and O–H groups in total. The molecule has 1 heterocycles. The number of likely N-dealkylation sites (N-methyl/N-ethyl adjacent to an activating group) is 1. The van der Waals surface area contributed by atoms with Crippen molar-refractivity contribution in [2.75, 3.05) is 13.6 Å². The standard InChI is InChI=1S/C11H15NO/c1-8-10-7-12(2)6-5-9(10)3-4-11(8)13/h3-4,13H,5-7H2,1-2H3. The molecule has 0 amide bonds. The third-order valence-electron chi connectivity index (χ3n) is 2.86. The first kappa shape index (κ1) is 8.57. The molecule has 0 atom stereocenters. The van der Waals surface area contributed by atoms with Crippen LogP contribution in [0.5, 0.6) is 5.75 Å². The van der Waals surface area contributed by atoms with Crippen LogP contribution in [0.3, 0.4) is 0 Å². The highest BCUT2D eigenvalue weighted by atomic mass is 16.3. The first-order chi connectivity index (χ1) is 6.18. The zero-order valence-electron chi connectivity index (χ0n) is 8.17. The van der Waals surface area contributed by atoms with Gasteiger partial charge in [-0.15, -0.1) is 0 Å². The van der Waals surface area contributed by atoms with Crippen LogP contribution in [-0.4, -0.2) is 23.6 Å². The van der Waals surface area contributed by atoms with Gasteiger partial charge in [0.15, 0.2) is 0 Å². The summed E-state index contributed by atoms with van der Waals surface area (Å²) in [6.07, 6.45) is 1.10. The number of aromatic hydroxyl groups is 1. The Labute approximate surface area is 78.8 Å². The van der Waals surface area contributed by atoms with E-state index in [-0.39, 0.29) is 0 Å². The van der Waals surface area contributed by atoms with Gasteiger partial charge in [-0.25, -0.2) is 0 Å². The molecule has 0 aliphatic carbocycles. The van der Waals surface area contributed by atoms with Gasteiger partial charge in [0, 0.05) is 13.1 Å². The lowest BCUT2D eigenvalue weighted by Gasteiger charge is -2.26. The van der Waals surface area contributed by atoms with Gasteiger partial charge in [0.1, 0.15) is 5.75 Å². The first-order valence-electron chi connectivity index (χ1n) is 4.67. The van der Waals surface area contributed by atoms with Crippen molar-refractivity contribution >= 4 is 0 Å². The predicted octanol–water partition coefficient (Wildman–Crippen LogP) is 1.69.